The van der Waals surface area contributed by atoms with E-state index in [9.17, 15) is 9.90 Å². The first-order valence-corrected chi connectivity index (χ1v) is 9.84. The lowest BCUT2D eigenvalue weighted by Crippen LogP contribution is -2.51. The van der Waals surface area contributed by atoms with Crippen molar-refractivity contribution in [2.45, 2.75) is 43.4 Å². The van der Waals surface area contributed by atoms with Gasteiger partial charge in [0, 0.05) is 23.8 Å². The van der Waals surface area contributed by atoms with Crippen LogP contribution in [0.25, 0.3) is 0 Å². The lowest BCUT2D eigenvalue weighted by molar-refractivity contribution is -0.121. The van der Waals surface area contributed by atoms with E-state index in [1.807, 2.05) is 42.5 Å². The summed E-state index contributed by atoms with van der Waals surface area (Å²) in [6, 6.07) is 15.8. The van der Waals surface area contributed by atoms with Crippen LogP contribution in [0, 0.1) is 0 Å². The maximum Gasteiger partial charge on any atom is 0.238 e. The Balaban J connectivity index is 1.25. The Kier molecular flexibility index (Phi) is 4.25. The molecule has 2 bridgehead atoms. The van der Waals surface area contributed by atoms with Crippen LogP contribution in [0.1, 0.15) is 31.2 Å². The fourth-order valence-electron chi connectivity index (χ4n) is 4.90. The van der Waals surface area contributed by atoms with Crippen molar-refractivity contribution in [2.75, 3.05) is 18.7 Å². The summed E-state index contributed by atoms with van der Waals surface area (Å²) in [6.45, 7) is 0.558. The number of amides is 1. The lowest BCUT2D eigenvalue weighted by atomic mass is 9.80. The first kappa shape index (κ1) is 17.5. The van der Waals surface area contributed by atoms with Gasteiger partial charge in [-0.2, -0.15) is 0 Å². The molecule has 2 N–H and O–H groups in total. The highest BCUT2D eigenvalue weighted by Crippen LogP contribution is 2.45. The molecule has 6 nitrogen and oxygen atoms in total. The van der Waals surface area contributed by atoms with Crippen LogP contribution in [0.5, 0.6) is 11.5 Å². The third kappa shape index (κ3) is 3.12. The molecule has 2 saturated heterocycles. The first-order chi connectivity index (χ1) is 13.6. The Bertz CT molecular complexity index is 871. The molecule has 3 aliphatic rings. The van der Waals surface area contributed by atoms with Gasteiger partial charge in [-0.3, -0.25) is 9.69 Å². The molecule has 6 heteroatoms. The topological polar surface area (TPSA) is 71.0 Å². The third-order valence-electron chi connectivity index (χ3n) is 6.21. The molecule has 2 atom stereocenters. The molecular weight excluding hydrogens is 356 g/mol. The molecule has 3 aliphatic heterocycles. The van der Waals surface area contributed by atoms with Gasteiger partial charge >= 0.3 is 0 Å². The summed E-state index contributed by atoms with van der Waals surface area (Å²) < 4.78 is 10.7. The Labute approximate surface area is 164 Å². The van der Waals surface area contributed by atoms with Crippen molar-refractivity contribution in [3.63, 3.8) is 0 Å². The van der Waals surface area contributed by atoms with Crippen LogP contribution in [-0.4, -0.2) is 41.3 Å². The van der Waals surface area contributed by atoms with E-state index in [1.165, 1.54) is 0 Å². The molecule has 3 heterocycles. The predicted octanol–water partition coefficient (Wildman–Crippen LogP) is 2.87. The summed E-state index contributed by atoms with van der Waals surface area (Å²) in [7, 11) is 0. The maximum absolute atomic E-state index is 12.6. The van der Waals surface area contributed by atoms with Crippen molar-refractivity contribution in [1.82, 2.24) is 4.90 Å². The van der Waals surface area contributed by atoms with E-state index in [1.54, 1.807) is 6.07 Å². The molecule has 0 unspecified atom stereocenters. The van der Waals surface area contributed by atoms with Gasteiger partial charge in [0.15, 0.2) is 11.5 Å². The third-order valence-corrected chi connectivity index (χ3v) is 6.21. The number of nitrogens with zero attached hydrogens (tertiary/aromatic N) is 1. The number of hydrogen-bond acceptors (Lipinski definition) is 5. The Hall–Kier alpha value is -2.57. The van der Waals surface area contributed by atoms with E-state index < -0.39 is 5.60 Å². The van der Waals surface area contributed by atoms with Gasteiger partial charge in [0.25, 0.3) is 0 Å². The van der Waals surface area contributed by atoms with E-state index in [-0.39, 0.29) is 24.8 Å². The summed E-state index contributed by atoms with van der Waals surface area (Å²) in [5.74, 6) is 1.32. The Morgan fingerprint density at radius 1 is 1.07 bits per heavy atom. The maximum atomic E-state index is 12.6. The summed E-state index contributed by atoms with van der Waals surface area (Å²) in [5.41, 5.74) is 0.896. The Morgan fingerprint density at radius 2 is 1.79 bits per heavy atom. The predicted molar refractivity (Wildman–Crippen MR) is 104 cm³/mol. The summed E-state index contributed by atoms with van der Waals surface area (Å²) in [6.07, 6.45) is 3.39. The van der Waals surface area contributed by atoms with Crippen molar-refractivity contribution >= 4 is 11.6 Å². The van der Waals surface area contributed by atoms with Gasteiger partial charge in [-0.05, 0) is 43.4 Å². The van der Waals surface area contributed by atoms with Crippen molar-refractivity contribution in [3.05, 3.63) is 54.1 Å². The highest BCUT2D eigenvalue weighted by atomic mass is 16.7. The molecule has 2 aromatic rings. The standard InChI is InChI=1S/C22H24N2O4/c25-21(23-16-6-9-19-20(10-16)28-14-27-19)13-24-17-7-8-18(24)12-22(26,11-17)15-4-2-1-3-5-15/h1-6,9-10,17-18,26H,7-8,11-14H2,(H,23,25)/t17-,18-/m1/s1. The molecule has 0 aliphatic carbocycles. The fraction of sp³-hybridized carbons (Fsp3) is 0.409. The second kappa shape index (κ2) is 6.79. The van der Waals surface area contributed by atoms with Crippen LogP contribution < -0.4 is 14.8 Å². The van der Waals surface area contributed by atoms with Crippen molar-refractivity contribution < 1.29 is 19.4 Å². The highest BCUT2D eigenvalue weighted by Gasteiger charge is 2.48. The van der Waals surface area contributed by atoms with Crippen LogP contribution in [-0.2, 0) is 10.4 Å². The van der Waals surface area contributed by atoms with E-state index in [0.717, 1.165) is 18.4 Å². The zero-order valence-corrected chi connectivity index (χ0v) is 15.6. The number of hydrogen-bond donors (Lipinski definition) is 2. The number of benzene rings is 2. The highest BCUT2D eigenvalue weighted by molar-refractivity contribution is 5.92. The van der Waals surface area contributed by atoms with E-state index in [2.05, 4.69) is 10.2 Å². The number of carbonyl (C=O) groups is 1. The van der Waals surface area contributed by atoms with Gasteiger partial charge in [-0.1, -0.05) is 30.3 Å². The van der Waals surface area contributed by atoms with E-state index in [0.29, 0.717) is 36.6 Å². The molecule has 1 amide bonds. The van der Waals surface area contributed by atoms with Gasteiger partial charge in [0.05, 0.1) is 12.1 Å². The summed E-state index contributed by atoms with van der Waals surface area (Å²) in [5, 5.41) is 14.2. The SMILES string of the molecule is O=C(CN1[C@@H]2CC[C@@H]1CC(O)(c1ccccc1)C2)Nc1ccc2c(c1)OCO2. The number of nitrogens with one attached hydrogen (secondary N) is 1. The second-order valence-corrected chi connectivity index (χ2v) is 7.98. The number of aliphatic hydroxyl groups is 1. The Morgan fingerprint density at radius 3 is 2.54 bits per heavy atom. The number of ether oxygens (including phenoxy) is 2. The zero-order chi connectivity index (χ0) is 19.1. The normalized spacial score (nSPS) is 28.3. The van der Waals surface area contributed by atoms with Crippen LogP contribution in [0.3, 0.4) is 0 Å². The van der Waals surface area contributed by atoms with Gasteiger partial charge in [-0.25, -0.2) is 0 Å². The fourth-order valence-corrected chi connectivity index (χ4v) is 4.90. The zero-order valence-electron chi connectivity index (χ0n) is 15.6. The number of piperidine rings is 1. The van der Waals surface area contributed by atoms with E-state index >= 15 is 0 Å². The summed E-state index contributed by atoms with van der Waals surface area (Å²) in [4.78, 5) is 14.9. The smallest absolute Gasteiger partial charge is 0.238 e. The van der Waals surface area contributed by atoms with Crippen molar-refractivity contribution in [3.8, 4) is 11.5 Å². The van der Waals surface area contributed by atoms with Gasteiger partial charge in [0.1, 0.15) is 0 Å². The molecular formula is C22H24N2O4. The number of fused-ring (bicyclic) bond motifs is 3. The molecule has 0 spiro atoms. The van der Waals surface area contributed by atoms with Gasteiger partial charge in [-0.15, -0.1) is 0 Å². The molecule has 146 valence electrons. The molecule has 0 saturated carbocycles. The van der Waals surface area contributed by atoms with Crippen molar-refractivity contribution in [1.29, 1.82) is 0 Å². The van der Waals surface area contributed by atoms with Crippen LogP contribution in [0.15, 0.2) is 48.5 Å². The molecule has 0 radical (unpaired) electrons. The summed E-state index contributed by atoms with van der Waals surface area (Å²) >= 11 is 0. The average Bonchev–Trinajstić information content (AvgIpc) is 3.25. The molecule has 28 heavy (non-hydrogen) atoms. The molecule has 0 aromatic heterocycles. The molecule has 2 fully saturated rings. The first-order valence-electron chi connectivity index (χ1n) is 9.84. The molecule has 2 aromatic carbocycles. The van der Waals surface area contributed by atoms with Gasteiger partial charge < -0.3 is 19.9 Å². The number of rotatable bonds is 4. The minimum absolute atomic E-state index is 0.0408. The minimum Gasteiger partial charge on any atom is -0.454 e. The lowest BCUT2D eigenvalue weighted by Gasteiger charge is -2.43. The molecule has 5 rings (SSSR count). The van der Waals surface area contributed by atoms with Crippen LogP contribution >= 0.6 is 0 Å². The van der Waals surface area contributed by atoms with Crippen LogP contribution in [0.2, 0.25) is 0 Å². The monoisotopic (exact) mass is 380 g/mol. The van der Waals surface area contributed by atoms with E-state index in [4.69, 9.17) is 9.47 Å². The minimum atomic E-state index is -0.794. The number of anilines is 1. The largest absolute Gasteiger partial charge is 0.454 e. The average molecular weight is 380 g/mol. The number of carbonyl (C=O) groups excluding carboxylic acids is 1. The van der Waals surface area contributed by atoms with Gasteiger partial charge in [0.2, 0.25) is 12.7 Å². The quantitative estimate of drug-likeness (QED) is 0.854. The van der Waals surface area contributed by atoms with Crippen molar-refractivity contribution in [2.24, 2.45) is 0 Å². The second-order valence-electron chi connectivity index (χ2n) is 7.98. The van der Waals surface area contributed by atoms with Crippen LogP contribution in [0.4, 0.5) is 5.69 Å².